The second-order valence-corrected chi connectivity index (χ2v) is 5.01. The molecule has 0 bridgehead atoms. The maximum absolute atomic E-state index is 13.1. The standard InChI is InChI=1S/C16H11F4N3O/c17-12-6-4-10(5-7-12)15-14(9-24)21-22-23(15)13-3-1-2-11(8-13)16(18,19)20/h1-8,24H,9H2. The van der Waals surface area contributed by atoms with Crippen molar-refractivity contribution in [2.24, 2.45) is 0 Å². The Morgan fingerprint density at radius 1 is 1.04 bits per heavy atom. The van der Waals surface area contributed by atoms with Crippen LogP contribution in [0, 0.1) is 5.82 Å². The van der Waals surface area contributed by atoms with Crippen LogP contribution in [0.25, 0.3) is 16.9 Å². The molecule has 0 radical (unpaired) electrons. The predicted octanol–water partition coefficient (Wildman–Crippen LogP) is 3.58. The van der Waals surface area contributed by atoms with Crippen LogP contribution in [0.4, 0.5) is 17.6 Å². The summed E-state index contributed by atoms with van der Waals surface area (Å²) in [6.07, 6.45) is -4.49. The monoisotopic (exact) mass is 337 g/mol. The van der Waals surface area contributed by atoms with Crippen molar-refractivity contribution in [3.05, 3.63) is 65.6 Å². The minimum Gasteiger partial charge on any atom is -0.390 e. The van der Waals surface area contributed by atoms with Crippen LogP contribution in [-0.4, -0.2) is 20.1 Å². The third kappa shape index (κ3) is 3.00. The molecule has 0 saturated carbocycles. The summed E-state index contributed by atoms with van der Waals surface area (Å²) >= 11 is 0. The van der Waals surface area contributed by atoms with E-state index in [1.54, 1.807) is 0 Å². The molecule has 3 rings (SSSR count). The van der Waals surface area contributed by atoms with Gasteiger partial charge in [-0.2, -0.15) is 13.2 Å². The Labute approximate surface area is 134 Å². The van der Waals surface area contributed by atoms with Crippen molar-refractivity contribution in [2.45, 2.75) is 12.8 Å². The van der Waals surface area contributed by atoms with Gasteiger partial charge in [-0.25, -0.2) is 9.07 Å². The van der Waals surface area contributed by atoms with E-state index in [4.69, 9.17) is 0 Å². The van der Waals surface area contributed by atoms with E-state index >= 15 is 0 Å². The molecule has 3 aromatic rings. The van der Waals surface area contributed by atoms with Gasteiger partial charge in [-0.15, -0.1) is 5.10 Å². The summed E-state index contributed by atoms with van der Waals surface area (Å²) in [6.45, 7) is -0.453. The van der Waals surface area contributed by atoms with Crippen LogP contribution in [0.1, 0.15) is 11.3 Å². The normalized spacial score (nSPS) is 11.7. The van der Waals surface area contributed by atoms with Crippen LogP contribution in [0.2, 0.25) is 0 Å². The van der Waals surface area contributed by atoms with Crippen LogP contribution >= 0.6 is 0 Å². The second kappa shape index (κ2) is 6.04. The molecule has 2 aromatic carbocycles. The highest BCUT2D eigenvalue weighted by atomic mass is 19.4. The molecule has 1 heterocycles. The molecule has 0 aliphatic carbocycles. The fraction of sp³-hybridized carbons (Fsp3) is 0.125. The topological polar surface area (TPSA) is 50.9 Å². The molecule has 0 saturated heterocycles. The average Bonchev–Trinajstić information content (AvgIpc) is 2.99. The van der Waals surface area contributed by atoms with Crippen LogP contribution < -0.4 is 0 Å². The summed E-state index contributed by atoms with van der Waals surface area (Å²) in [5, 5.41) is 17.0. The molecule has 8 heteroatoms. The molecular formula is C16H11F4N3O. The molecule has 1 aromatic heterocycles. The first kappa shape index (κ1) is 16.1. The molecule has 0 aliphatic rings. The summed E-state index contributed by atoms with van der Waals surface area (Å²) in [5.74, 6) is -0.456. The lowest BCUT2D eigenvalue weighted by Crippen LogP contribution is -2.07. The molecule has 0 unspecified atom stereocenters. The molecule has 0 amide bonds. The maximum atomic E-state index is 13.1. The third-order valence-electron chi connectivity index (χ3n) is 3.43. The van der Waals surface area contributed by atoms with Gasteiger partial charge in [0.1, 0.15) is 17.2 Å². The zero-order chi connectivity index (χ0) is 17.3. The van der Waals surface area contributed by atoms with Crippen molar-refractivity contribution in [1.29, 1.82) is 0 Å². The number of aliphatic hydroxyl groups is 1. The predicted molar refractivity (Wildman–Crippen MR) is 77.7 cm³/mol. The molecule has 4 nitrogen and oxygen atoms in total. The first-order valence-electron chi connectivity index (χ1n) is 6.89. The quantitative estimate of drug-likeness (QED) is 0.743. The minimum absolute atomic E-state index is 0.136. The number of aromatic nitrogens is 3. The lowest BCUT2D eigenvalue weighted by Gasteiger charge is -2.11. The van der Waals surface area contributed by atoms with Crippen molar-refractivity contribution in [3.8, 4) is 16.9 Å². The van der Waals surface area contributed by atoms with E-state index < -0.39 is 24.2 Å². The van der Waals surface area contributed by atoms with Crippen LogP contribution in [-0.2, 0) is 12.8 Å². The lowest BCUT2D eigenvalue weighted by molar-refractivity contribution is -0.137. The van der Waals surface area contributed by atoms with Gasteiger partial charge in [-0.05, 0) is 42.5 Å². The number of hydrogen-bond acceptors (Lipinski definition) is 3. The molecule has 0 atom stereocenters. The first-order chi connectivity index (χ1) is 11.4. The molecular weight excluding hydrogens is 326 g/mol. The van der Waals surface area contributed by atoms with Gasteiger partial charge in [0.15, 0.2) is 0 Å². The fourth-order valence-electron chi connectivity index (χ4n) is 2.31. The number of benzene rings is 2. The molecule has 0 aliphatic heterocycles. The van der Waals surface area contributed by atoms with E-state index in [0.29, 0.717) is 11.3 Å². The Morgan fingerprint density at radius 2 is 1.75 bits per heavy atom. The van der Waals surface area contributed by atoms with Gasteiger partial charge in [0, 0.05) is 5.56 Å². The van der Waals surface area contributed by atoms with Crippen LogP contribution in [0.5, 0.6) is 0 Å². The van der Waals surface area contributed by atoms with Crippen molar-refractivity contribution in [3.63, 3.8) is 0 Å². The van der Waals surface area contributed by atoms with E-state index in [1.165, 1.54) is 41.1 Å². The van der Waals surface area contributed by atoms with Gasteiger partial charge in [0.25, 0.3) is 0 Å². The number of hydrogen-bond donors (Lipinski definition) is 1. The Hall–Kier alpha value is -2.74. The summed E-state index contributed by atoms with van der Waals surface area (Å²) in [5.41, 5.74) is 0.265. The smallest absolute Gasteiger partial charge is 0.390 e. The van der Waals surface area contributed by atoms with Crippen LogP contribution in [0.3, 0.4) is 0 Å². The molecule has 0 spiro atoms. The van der Waals surface area contributed by atoms with Crippen molar-refractivity contribution < 1.29 is 22.7 Å². The number of aliphatic hydroxyl groups excluding tert-OH is 1. The third-order valence-corrected chi connectivity index (χ3v) is 3.43. The highest BCUT2D eigenvalue weighted by Gasteiger charge is 2.31. The van der Waals surface area contributed by atoms with Crippen LogP contribution in [0.15, 0.2) is 48.5 Å². The van der Waals surface area contributed by atoms with Gasteiger partial charge in [0.2, 0.25) is 0 Å². The van der Waals surface area contributed by atoms with Crippen molar-refractivity contribution >= 4 is 0 Å². The Bertz CT molecular complexity index is 857. The van der Waals surface area contributed by atoms with Gasteiger partial charge < -0.3 is 5.11 Å². The van der Waals surface area contributed by atoms with Crippen molar-refractivity contribution in [1.82, 2.24) is 15.0 Å². The van der Waals surface area contributed by atoms with Crippen molar-refractivity contribution in [2.75, 3.05) is 0 Å². The highest BCUT2D eigenvalue weighted by molar-refractivity contribution is 5.64. The minimum atomic E-state index is -4.49. The van der Waals surface area contributed by atoms with E-state index in [0.717, 1.165) is 12.1 Å². The van der Waals surface area contributed by atoms with E-state index in [9.17, 15) is 22.7 Å². The van der Waals surface area contributed by atoms with Gasteiger partial charge in [-0.3, -0.25) is 0 Å². The number of halogens is 4. The average molecular weight is 337 g/mol. The second-order valence-electron chi connectivity index (χ2n) is 5.01. The zero-order valence-electron chi connectivity index (χ0n) is 12.1. The number of alkyl halides is 3. The zero-order valence-corrected chi connectivity index (χ0v) is 12.1. The molecule has 124 valence electrons. The molecule has 24 heavy (non-hydrogen) atoms. The lowest BCUT2D eigenvalue weighted by atomic mass is 10.1. The molecule has 1 N–H and O–H groups in total. The summed E-state index contributed by atoms with van der Waals surface area (Å²) in [6, 6.07) is 9.88. The summed E-state index contributed by atoms with van der Waals surface area (Å²) < 4.78 is 53.0. The van der Waals surface area contributed by atoms with Gasteiger partial charge in [0.05, 0.1) is 17.9 Å². The van der Waals surface area contributed by atoms with E-state index in [1.807, 2.05) is 0 Å². The Kier molecular flexibility index (Phi) is 4.06. The fourth-order valence-corrected chi connectivity index (χ4v) is 2.31. The highest BCUT2D eigenvalue weighted by Crippen LogP contribution is 2.32. The largest absolute Gasteiger partial charge is 0.416 e. The summed E-state index contributed by atoms with van der Waals surface area (Å²) in [7, 11) is 0. The Morgan fingerprint density at radius 3 is 2.38 bits per heavy atom. The molecule has 0 fully saturated rings. The number of rotatable bonds is 3. The summed E-state index contributed by atoms with van der Waals surface area (Å²) in [4.78, 5) is 0. The SMILES string of the molecule is OCc1nnn(-c2cccc(C(F)(F)F)c2)c1-c1ccc(F)cc1. The van der Waals surface area contributed by atoms with Gasteiger partial charge >= 0.3 is 6.18 Å². The van der Waals surface area contributed by atoms with E-state index in [-0.39, 0.29) is 11.4 Å². The van der Waals surface area contributed by atoms with E-state index in [2.05, 4.69) is 10.3 Å². The Balaban J connectivity index is 2.16. The van der Waals surface area contributed by atoms with Gasteiger partial charge in [-0.1, -0.05) is 11.3 Å². The number of nitrogens with zero attached hydrogens (tertiary/aromatic N) is 3. The maximum Gasteiger partial charge on any atom is 0.416 e. The first-order valence-corrected chi connectivity index (χ1v) is 6.89.